The van der Waals surface area contributed by atoms with Crippen molar-refractivity contribution in [2.45, 2.75) is 13.3 Å². The fourth-order valence-corrected chi connectivity index (χ4v) is 4.26. The lowest BCUT2D eigenvalue weighted by Gasteiger charge is -2.19. The first-order valence-electron chi connectivity index (χ1n) is 7.60. The van der Waals surface area contributed by atoms with Crippen LogP contribution in [0.5, 0.6) is 0 Å². The van der Waals surface area contributed by atoms with Gasteiger partial charge in [0.25, 0.3) is 0 Å². The lowest BCUT2D eigenvalue weighted by Crippen LogP contribution is -2.37. The van der Waals surface area contributed by atoms with E-state index in [1.54, 1.807) is 0 Å². The molecule has 22 heavy (non-hydrogen) atoms. The summed E-state index contributed by atoms with van der Waals surface area (Å²) >= 11 is 6.10. The zero-order valence-corrected chi connectivity index (χ0v) is 13.0. The molecule has 1 N–H and O–H groups in total. The van der Waals surface area contributed by atoms with Gasteiger partial charge in [0.15, 0.2) is 0 Å². The Morgan fingerprint density at radius 3 is 2.45 bits per heavy atom. The summed E-state index contributed by atoms with van der Waals surface area (Å²) in [5, 5.41) is 3.84. The molecule has 1 aliphatic heterocycles. The topological polar surface area (TPSA) is 49.4 Å². The number of nitrogens with one attached hydrogen (secondary N) is 1. The second kappa shape index (κ2) is 4.85. The summed E-state index contributed by atoms with van der Waals surface area (Å²) in [5.74, 6) is 0.182. The summed E-state index contributed by atoms with van der Waals surface area (Å²) in [4.78, 5) is 26.5. The number of anilines is 1. The van der Waals surface area contributed by atoms with Gasteiger partial charge in [-0.1, -0.05) is 29.8 Å². The molecule has 1 aromatic rings. The van der Waals surface area contributed by atoms with Gasteiger partial charge in [-0.3, -0.25) is 14.5 Å². The van der Waals surface area contributed by atoms with Crippen LogP contribution in [-0.4, -0.2) is 23.4 Å². The molecule has 1 aromatic carbocycles. The maximum absolute atomic E-state index is 12.6. The highest BCUT2D eigenvalue weighted by Crippen LogP contribution is 2.52. The van der Waals surface area contributed by atoms with Crippen molar-refractivity contribution < 1.29 is 9.59 Å². The van der Waals surface area contributed by atoms with Gasteiger partial charge in [-0.15, -0.1) is 0 Å². The summed E-state index contributed by atoms with van der Waals surface area (Å²) in [5.41, 5.74) is 1.77. The molecule has 2 aliphatic carbocycles. The predicted octanol–water partition coefficient (Wildman–Crippen LogP) is 2.82. The van der Waals surface area contributed by atoms with Gasteiger partial charge in [0.1, 0.15) is 0 Å². The second-order valence-corrected chi connectivity index (χ2v) is 6.76. The van der Waals surface area contributed by atoms with E-state index in [-0.39, 0.29) is 42.2 Å². The molecular formula is C17H17ClN2O2. The molecule has 5 heteroatoms. The fraction of sp³-hybridized carbons (Fsp3) is 0.412. The average Bonchev–Trinajstić information content (AvgIpc) is 3.17. The highest BCUT2D eigenvalue weighted by Gasteiger charge is 2.59. The van der Waals surface area contributed by atoms with Gasteiger partial charge in [-0.25, -0.2) is 0 Å². The number of nitrogens with zero attached hydrogens (tertiary/aromatic N) is 1. The van der Waals surface area contributed by atoms with E-state index in [2.05, 4.69) is 17.5 Å². The van der Waals surface area contributed by atoms with Crippen LogP contribution in [0.15, 0.2) is 30.4 Å². The van der Waals surface area contributed by atoms with E-state index in [1.165, 1.54) is 4.90 Å². The van der Waals surface area contributed by atoms with E-state index in [9.17, 15) is 9.59 Å². The largest absolute Gasteiger partial charge is 0.367 e. The highest BCUT2D eigenvalue weighted by atomic mass is 35.5. The van der Waals surface area contributed by atoms with Crippen LogP contribution < -0.4 is 5.32 Å². The summed E-state index contributed by atoms with van der Waals surface area (Å²) in [6.07, 6.45) is 5.17. The third-order valence-electron chi connectivity index (χ3n) is 5.26. The van der Waals surface area contributed by atoms with Gasteiger partial charge in [0, 0.05) is 10.7 Å². The van der Waals surface area contributed by atoms with E-state index in [1.807, 2.05) is 25.1 Å². The van der Waals surface area contributed by atoms with E-state index >= 15 is 0 Å². The maximum atomic E-state index is 12.6. The molecule has 0 unspecified atom stereocenters. The quantitative estimate of drug-likeness (QED) is 0.689. The first kappa shape index (κ1) is 13.8. The maximum Gasteiger partial charge on any atom is 0.235 e. The number of hydrogen-bond donors (Lipinski definition) is 1. The molecular weight excluding hydrogens is 300 g/mol. The number of carbonyl (C=O) groups excluding carboxylic acids is 2. The van der Waals surface area contributed by atoms with Crippen LogP contribution in [0.2, 0.25) is 5.02 Å². The number of likely N-dealkylation sites (tertiary alicyclic amines) is 1. The van der Waals surface area contributed by atoms with Gasteiger partial charge in [-0.2, -0.15) is 0 Å². The Balaban J connectivity index is 1.52. The van der Waals surface area contributed by atoms with Crippen molar-refractivity contribution in [2.24, 2.45) is 23.7 Å². The van der Waals surface area contributed by atoms with E-state index in [0.29, 0.717) is 5.02 Å². The van der Waals surface area contributed by atoms with Crippen molar-refractivity contribution in [3.8, 4) is 0 Å². The minimum absolute atomic E-state index is 0.0287. The average molecular weight is 317 g/mol. The first-order chi connectivity index (χ1) is 10.6. The summed E-state index contributed by atoms with van der Waals surface area (Å²) in [6.45, 7) is 2.13. The Hall–Kier alpha value is -1.81. The number of benzene rings is 1. The van der Waals surface area contributed by atoms with E-state index in [4.69, 9.17) is 11.6 Å². The van der Waals surface area contributed by atoms with Gasteiger partial charge in [-0.05, 0) is 42.9 Å². The van der Waals surface area contributed by atoms with Crippen LogP contribution in [0.25, 0.3) is 0 Å². The molecule has 0 aromatic heterocycles. The van der Waals surface area contributed by atoms with Crippen molar-refractivity contribution in [3.05, 3.63) is 40.9 Å². The Kier molecular flexibility index (Phi) is 3.05. The van der Waals surface area contributed by atoms with Crippen LogP contribution in [-0.2, 0) is 9.59 Å². The number of carbonyl (C=O) groups is 2. The van der Waals surface area contributed by atoms with E-state index in [0.717, 1.165) is 17.7 Å². The Morgan fingerprint density at radius 1 is 1.18 bits per heavy atom. The molecule has 2 fully saturated rings. The van der Waals surface area contributed by atoms with Crippen LogP contribution in [0, 0.1) is 30.6 Å². The van der Waals surface area contributed by atoms with E-state index < -0.39 is 0 Å². The van der Waals surface area contributed by atoms with Gasteiger partial charge < -0.3 is 5.32 Å². The van der Waals surface area contributed by atoms with Crippen molar-refractivity contribution in [2.75, 3.05) is 12.0 Å². The molecule has 0 radical (unpaired) electrons. The predicted molar refractivity (Wildman–Crippen MR) is 84.2 cm³/mol. The van der Waals surface area contributed by atoms with Crippen molar-refractivity contribution in [1.29, 1.82) is 0 Å². The van der Waals surface area contributed by atoms with Crippen molar-refractivity contribution in [3.63, 3.8) is 0 Å². The van der Waals surface area contributed by atoms with Crippen LogP contribution >= 0.6 is 11.6 Å². The molecule has 4 rings (SSSR count). The second-order valence-electron chi connectivity index (χ2n) is 6.35. The highest BCUT2D eigenvalue weighted by molar-refractivity contribution is 6.31. The van der Waals surface area contributed by atoms with Crippen molar-refractivity contribution in [1.82, 2.24) is 4.90 Å². The fourth-order valence-electron chi connectivity index (χ4n) is 4.08. The number of hydrogen-bond acceptors (Lipinski definition) is 3. The Morgan fingerprint density at radius 2 is 1.82 bits per heavy atom. The molecule has 114 valence electrons. The minimum Gasteiger partial charge on any atom is -0.367 e. The molecule has 2 bridgehead atoms. The monoisotopic (exact) mass is 316 g/mol. The summed E-state index contributed by atoms with van der Waals surface area (Å²) in [6, 6.07) is 5.57. The van der Waals surface area contributed by atoms with Crippen LogP contribution in [0.4, 0.5) is 5.69 Å². The third-order valence-corrected chi connectivity index (χ3v) is 5.67. The molecule has 3 aliphatic rings. The number of rotatable bonds is 3. The normalized spacial score (nSPS) is 32.0. The first-order valence-corrected chi connectivity index (χ1v) is 7.98. The molecule has 1 saturated carbocycles. The van der Waals surface area contributed by atoms with Crippen LogP contribution in [0.1, 0.15) is 12.0 Å². The Labute approximate surface area is 134 Å². The van der Waals surface area contributed by atoms with Gasteiger partial charge in [0.05, 0.1) is 18.5 Å². The number of allylic oxidation sites excluding steroid dienone is 2. The minimum atomic E-state index is -0.134. The molecule has 4 atom stereocenters. The molecule has 1 heterocycles. The number of halogens is 1. The summed E-state index contributed by atoms with van der Waals surface area (Å²) < 4.78 is 0. The van der Waals surface area contributed by atoms with Gasteiger partial charge in [0.2, 0.25) is 11.8 Å². The summed E-state index contributed by atoms with van der Waals surface area (Å²) in [7, 11) is 0. The molecule has 1 saturated heterocycles. The number of imide groups is 1. The SMILES string of the molecule is Cc1c(Cl)cccc1NCN1C(=O)[C@@H]2[C@@H](C1=O)[C@H]1C=C[C@H]2C1. The lowest BCUT2D eigenvalue weighted by atomic mass is 9.85. The number of fused-ring (bicyclic) bond motifs is 5. The van der Waals surface area contributed by atoms with Crippen molar-refractivity contribution >= 4 is 29.1 Å². The number of amides is 2. The Bertz CT molecular complexity index is 670. The standard InChI is InChI=1S/C17H17ClN2O2/c1-9-12(18)3-2-4-13(9)19-8-20-16(21)14-10-5-6-11(7-10)15(14)17(20)22/h2-6,10-11,14-15,19H,7-8H2,1H3/t10-,11-,14-,15-/m0/s1. The third kappa shape index (κ3) is 1.83. The zero-order chi connectivity index (χ0) is 15.4. The zero-order valence-electron chi connectivity index (χ0n) is 12.3. The van der Waals surface area contributed by atoms with Gasteiger partial charge >= 0.3 is 0 Å². The molecule has 2 amide bonds. The lowest BCUT2D eigenvalue weighted by molar-refractivity contribution is -0.140. The molecule has 4 nitrogen and oxygen atoms in total. The van der Waals surface area contributed by atoms with Crippen LogP contribution in [0.3, 0.4) is 0 Å². The molecule has 0 spiro atoms. The smallest absolute Gasteiger partial charge is 0.235 e.